The number of nitrogens with one attached hydrogen (secondary N) is 2. The van der Waals surface area contributed by atoms with E-state index in [1.807, 2.05) is 64.2 Å². The number of halogens is 1. The molecule has 1 aliphatic rings. The third-order valence-electron chi connectivity index (χ3n) is 6.34. The minimum absolute atomic E-state index is 0.102. The molecule has 1 saturated heterocycles. The number of pyridine rings is 1. The van der Waals surface area contributed by atoms with E-state index < -0.39 is 0 Å². The summed E-state index contributed by atoms with van der Waals surface area (Å²) in [6.45, 7) is 1.79. The Hall–Kier alpha value is -4.24. The highest BCUT2D eigenvalue weighted by atomic mass is 32.1. The number of rotatable bonds is 7. The quantitative estimate of drug-likeness (QED) is 0.315. The Balaban J connectivity index is 1.62. The molecule has 1 amide bonds. The van der Waals surface area contributed by atoms with Crippen molar-refractivity contribution in [1.29, 1.82) is 0 Å². The zero-order valence-electron chi connectivity index (χ0n) is 20.4. The van der Waals surface area contributed by atoms with Crippen molar-refractivity contribution in [2.45, 2.75) is 25.4 Å². The van der Waals surface area contributed by atoms with Crippen molar-refractivity contribution >= 4 is 34.6 Å². The second-order valence-corrected chi connectivity index (χ2v) is 8.95. The van der Waals surface area contributed by atoms with Crippen LogP contribution in [-0.4, -0.2) is 27.7 Å². The van der Waals surface area contributed by atoms with E-state index in [-0.39, 0.29) is 23.8 Å². The molecule has 0 aliphatic carbocycles. The maximum Gasteiger partial charge on any atom is 0.224 e. The summed E-state index contributed by atoms with van der Waals surface area (Å²) in [6, 6.07) is 21.2. The maximum atomic E-state index is 13.7. The predicted octanol–water partition coefficient (Wildman–Crippen LogP) is 5.55. The lowest BCUT2D eigenvalue weighted by atomic mass is 10.0. The van der Waals surface area contributed by atoms with E-state index in [0.717, 1.165) is 22.8 Å². The SMILES string of the molecule is CCC(=O)Nc1ccc(N2C(=S)N[C@H](c3ccccn3)[C@@H]2c2cccn2-c2ccc(F)cc2)cc1OC. The number of ether oxygens (including phenoxy) is 1. The van der Waals surface area contributed by atoms with Crippen LogP contribution < -0.4 is 20.3 Å². The van der Waals surface area contributed by atoms with Crippen molar-refractivity contribution in [3.63, 3.8) is 0 Å². The minimum atomic E-state index is -0.295. The molecule has 3 heterocycles. The molecule has 0 bridgehead atoms. The molecule has 2 aromatic carbocycles. The molecule has 2 aromatic heterocycles. The lowest BCUT2D eigenvalue weighted by molar-refractivity contribution is -0.115. The summed E-state index contributed by atoms with van der Waals surface area (Å²) in [7, 11) is 1.56. The molecule has 0 spiro atoms. The van der Waals surface area contributed by atoms with Crippen LogP contribution in [0.3, 0.4) is 0 Å². The molecule has 0 unspecified atom stereocenters. The predicted molar refractivity (Wildman–Crippen MR) is 146 cm³/mol. The van der Waals surface area contributed by atoms with Crippen LogP contribution in [0.2, 0.25) is 0 Å². The lowest BCUT2D eigenvalue weighted by Crippen LogP contribution is -2.30. The molecule has 4 aromatic rings. The van der Waals surface area contributed by atoms with E-state index in [9.17, 15) is 9.18 Å². The Morgan fingerprint density at radius 1 is 1.11 bits per heavy atom. The highest BCUT2D eigenvalue weighted by Gasteiger charge is 2.42. The van der Waals surface area contributed by atoms with Crippen LogP contribution in [-0.2, 0) is 4.79 Å². The first-order chi connectivity index (χ1) is 18.0. The van der Waals surface area contributed by atoms with E-state index in [0.29, 0.717) is 23.0 Å². The van der Waals surface area contributed by atoms with Gasteiger partial charge in [0.15, 0.2) is 5.11 Å². The number of anilines is 2. The van der Waals surface area contributed by atoms with E-state index >= 15 is 0 Å². The van der Waals surface area contributed by atoms with Crippen LogP contribution >= 0.6 is 12.2 Å². The van der Waals surface area contributed by atoms with Crippen LogP contribution in [0.25, 0.3) is 5.69 Å². The number of carbonyl (C=O) groups excluding carboxylic acids is 1. The summed E-state index contributed by atoms with van der Waals surface area (Å²) in [5.41, 5.74) is 3.98. The molecule has 0 radical (unpaired) electrons. The minimum Gasteiger partial charge on any atom is -0.494 e. The van der Waals surface area contributed by atoms with Crippen LogP contribution in [0.1, 0.15) is 36.8 Å². The summed E-state index contributed by atoms with van der Waals surface area (Å²) in [5.74, 6) is 0.127. The summed E-state index contributed by atoms with van der Waals surface area (Å²) < 4.78 is 21.3. The average Bonchev–Trinajstić information content (AvgIpc) is 3.54. The van der Waals surface area contributed by atoms with Crippen molar-refractivity contribution in [3.8, 4) is 11.4 Å². The van der Waals surface area contributed by atoms with E-state index in [2.05, 4.69) is 15.6 Å². The fourth-order valence-electron chi connectivity index (χ4n) is 4.58. The Morgan fingerprint density at radius 3 is 2.59 bits per heavy atom. The molecule has 7 nitrogen and oxygen atoms in total. The molecule has 1 fully saturated rings. The first-order valence-corrected chi connectivity index (χ1v) is 12.3. The molecule has 188 valence electrons. The summed E-state index contributed by atoms with van der Waals surface area (Å²) in [5, 5.41) is 6.85. The molecule has 37 heavy (non-hydrogen) atoms. The van der Waals surface area contributed by atoms with Crippen LogP contribution in [0, 0.1) is 5.82 Å². The largest absolute Gasteiger partial charge is 0.494 e. The van der Waals surface area contributed by atoms with Gasteiger partial charge in [0.25, 0.3) is 0 Å². The number of hydrogen-bond donors (Lipinski definition) is 2. The number of aromatic nitrogens is 2. The first kappa shape index (κ1) is 24.5. The van der Waals surface area contributed by atoms with Crippen LogP contribution in [0.15, 0.2) is 85.2 Å². The summed E-state index contributed by atoms with van der Waals surface area (Å²) in [4.78, 5) is 18.6. The molecule has 1 aliphatic heterocycles. The highest BCUT2D eigenvalue weighted by Crippen LogP contribution is 2.43. The number of benzene rings is 2. The molecule has 9 heteroatoms. The summed E-state index contributed by atoms with van der Waals surface area (Å²) in [6.07, 6.45) is 4.06. The van der Waals surface area contributed by atoms with Gasteiger partial charge in [0, 0.05) is 41.9 Å². The molecular formula is C28H26FN5O2S. The molecule has 2 N–H and O–H groups in total. The molecule has 0 saturated carbocycles. The van der Waals surface area contributed by atoms with Gasteiger partial charge in [-0.05, 0) is 72.9 Å². The highest BCUT2D eigenvalue weighted by molar-refractivity contribution is 7.80. The van der Waals surface area contributed by atoms with Crippen LogP contribution in [0.5, 0.6) is 5.75 Å². The van der Waals surface area contributed by atoms with Crippen molar-refractivity contribution in [3.05, 3.63) is 102 Å². The Kier molecular flexibility index (Phi) is 6.87. The number of carbonyl (C=O) groups is 1. The second-order valence-electron chi connectivity index (χ2n) is 8.56. The third-order valence-corrected chi connectivity index (χ3v) is 6.66. The topological polar surface area (TPSA) is 71.4 Å². The second kappa shape index (κ2) is 10.4. The van der Waals surface area contributed by atoms with Crippen LogP contribution in [0.4, 0.5) is 15.8 Å². The zero-order chi connectivity index (χ0) is 25.9. The monoisotopic (exact) mass is 515 g/mol. The fourth-order valence-corrected chi connectivity index (χ4v) is 4.92. The van der Waals surface area contributed by atoms with Gasteiger partial charge in [-0.2, -0.15) is 0 Å². The van der Waals surface area contributed by atoms with Gasteiger partial charge >= 0.3 is 0 Å². The van der Waals surface area contributed by atoms with Gasteiger partial charge in [-0.15, -0.1) is 0 Å². The molecular weight excluding hydrogens is 489 g/mol. The maximum absolute atomic E-state index is 13.7. The Labute approximate surface area is 219 Å². The normalized spacial score (nSPS) is 16.9. The number of methoxy groups -OCH3 is 1. The number of hydrogen-bond acceptors (Lipinski definition) is 4. The standard InChI is InChI=1S/C28H26FN5O2S/c1-3-25(35)31-21-14-13-20(17-24(21)36-2)34-27(26(32-28(34)37)22-7-4-5-15-30-22)23-8-6-16-33(23)19-11-9-18(29)10-12-19/h4-17,26-27H,3H2,1-2H3,(H,31,35)(H,32,37)/t26-,27+/m1/s1. The first-order valence-electron chi connectivity index (χ1n) is 11.9. The van der Waals surface area contributed by atoms with Gasteiger partial charge in [-0.25, -0.2) is 4.39 Å². The summed E-state index contributed by atoms with van der Waals surface area (Å²) >= 11 is 5.85. The van der Waals surface area contributed by atoms with E-state index in [1.165, 1.54) is 12.1 Å². The zero-order valence-corrected chi connectivity index (χ0v) is 21.2. The lowest BCUT2D eigenvalue weighted by Gasteiger charge is -2.29. The van der Waals surface area contributed by atoms with Crippen molar-refractivity contribution in [2.24, 2.45) is 0 Å². The smallest absolute Gasteiger partial charge is 0.224 e. The number of amides is 1. The van der Waals surface area contributed by atoms with Gasteiger partial charge in [-0.1, -0.05) is 13.0 Å². The average molecular weight is 516 g/mol. The van der Waals surface area contributed by atoms with Gasteiger partial charge in [0.1, 0.15) is 17.6 Å². The van der Waals surface area contributed by atoms with Gasteiger partial charge < -0.3 is 24.8 Å². The van der Waals surface area contributed by atoms with E-state index in [1.54, 1.807) is 32.4 Å². The molecule has 2 atom stereocenters. The molecule has 5 rings (SSSR count). The fraction of sp³-hybridized carbons (Fsp3) is 0.179. The third kappa shape index (κ3) is 4.77. The van der Waals surface area contributed by atoms with Crippen molar-refractivity contribution < 1.29 is 13.9 Å². The van der Waals surface area contributed by atoms with Crippen molar-refractivity contribution in [2.75, 3.05) is 17.3 Å². The van der Waals surface area contributed by atoms with E-state index in [4.69, 9.17) is 17.0 Å². The van der Waals surface area contributed by atoms with Gasteiger partial charge in [0.2, 0.25) is 5.91 Å². The Bertz CT molecular complexity index is 1420. The Morgan fingerprint density at radius 2 is 1.89 bits per heavy atom. The van der Waals surface area contributed by atoms with Gasteiger partial charge in [-0.3, -0.25) is 9.78 Å². The number of thiocarbonyl (C=S) groups is 1. The van der Waals surface area contributed by atoms with Gasteiger partial charge in [0.05, 0.1) is 24.5 Å². The number of nitrogens with zero attached hydrogens (tertiary/aromatic N) is 3. The van der Waals surface area contributed by atoms with Crippen molar-refractivity contribution in [1.82, 2.24) is 14.9 Å².